The Kier molecular flexibility index (Phi) is 5.31. The first-order valence-corrected chi connectivity index (χ1v) is 7.67. The molecule has 0 unspecified atom stereocenters. The third kappa shape index (κ3) is 3.67. The minimum Gasteiger partial charge on any atom is -0.369 e. The summed E-state index contributed by atoms with van der Waals surface area (Å²) in [5.41, 5.74) is 0.729. The maximum absolute atomic E-state index is 13.1. The van der Waals surface area contributed by atoms with Crippen LogP contribution in [0.1, 0.15) is 13.3 Å². The molecule has 2 rings (SSSR count). The molecule has 2 N–H and O–H groups in total. The smallest absolute Gasteiger partial charge is 0.150 e. The van der Waals surface area contributed by atoms with Gasteiger partial charge in [-0.15, -0.1) is 0 Å². The summed E-state index contributed by atoms with van der Waals surface area (Å²) >= 11 is 6.78. The average Bonchev–Trinajstić information content (AvgIpc) is 2.42. The summed E-state index contributed by atoms with van der Waals surface area (Å²) in [6.07, 6.45) is 2.48. The van der Waals surface area contributed by atoms with Gasteiger partial charge >= 0.3 is 0 Å². The number of hydrogen-bond acceptors (Lipinski definition) is 4. The SMILES string of the molecule is CCCNc1ncnc(Nc2ccc(F)cc2Br)c1Br. The number of nitrogens with one attached hydrogen (secondary N) is 2. The highest BCUT2D eigenvalue weighted by Gasteiger charge is 2.10. The summed E-state index contributed by atoms with van der Waals surface area (Å²) < 4.78 is 14.4. The Hall–Kier alpha value is -1.21. The summed E-state index contributed by atoms with van der Waals surface area (Å²) in [6, 6.07) is 4.43. The second-order valence-electron chi connectivity index (χ2n) is 4.06. The first-order valence-electron chi connectivity index (χ1n) is 6.08. The predicted octanol–water partition coefficient (Wildman–Crippen LogP) is 4.71. The summed E-state index contributed by atoms with van der Waals surface area (Å²) in [5, 5.41) is 6.34. The average molecular weight is 404 g/mol. The van der Waals surface area contributed by atoms with Gasteiger partial charge in [-0.3, -0.25) is 0 Å². The number of aromatic nitrogens is 2. The Morgan fingerprint density at radius 2 is 1.95 bits per heavy atom. The van der Waals surface area contributed by atoms with Crippen LogP contribution in [-0.2, 0) is 0 Å². The molecule has 0 bridgehead atoms. The maximum atomic E-state index is 13.1. The Balaban J connectivity index is 2.24. The monoisotopic (exact) mass is 402 g/mol. The molecular weight excluding hydrogens is 391 g/mol. The third-order valence-electron chi connectivity index (χ3n) is 2.52. The molecule has 0 atom stereocenters. The minimum atomic E-state index is -0.297. The van der Waals surface area contributed by atoms with Crippen molar-refractivity contribution in [1.82, 2.24) is 9.97 Å². The van der Waals surface area contributed by atoms with Crippen molar-refractivity contribution >= 4 is 49.2 Å². The summed E-state index contributed by atoms with van der Waals surface area (Å²) in [5.74, 6) is 1.04. The molecule has 0 fully saturated rings. The number of halogens is 3. The van der Waals surface area contributed by atoms with Crippen LogP contribution in [0.2, 0.25) is 0 Å². The van der Waals surface area contributed by atoms with Crippen LogP contribution >= 0.6 is 31.9 Å². The number of anilines is 3. The van der Waals surface area contributed by atoms with Gasteiger partial charge in [0.05, 0.1) is 5.69 Å². The van der Waals surface area contributed by atoms with Gasteiger partial charge in [-0.1, -0.05) is 6.92 Å². The summed E-state index contributed by atoms with van der Waals surface area (Å²) in [6.45, 7) is 2.91. The van der Waals surface area contributed by atoms with Crippen LogP contribution in [-0.4, -0.2) is 16.5 Å². The van der Waals surface area contributed by atoms with Crippen LogP contribution in [0.3, 0.4) is 0 Å². The quantitative estimate of drug-likeness (QED) is 0.759. The molecule has 0 spiro atoms. The Bertz CT molecular complexity index is 607. The van der Waals surface area contributed by atoms with Crippen LogP contribution in [0.15, 0.2) is 33.5 Å². The Morgan fingerprint density at radius 3 is 2.65 bits per heavy atom. The lowest BCUT2D eigenvalue weighted by molar-refractivity contribution is 0.627. The third-order valence-corrected chi connectivity index (χ3v) is 3.92. The van der Waals surface area contributed by atoms with Crippen molar-refractivity contribution in [3.05, 3.63) is 39.3 Å². The molecular formula is C13H13Br2FN4. The topological polar surface area (TPSA) is 49.8 Å². The number of hydrogen-bond donors (Lipinski definition) is 2. The van der Waals surface area contributed by atoms with Crippen molar-refractivity contribution in [2.45, 2.75) is 13.3 Å². The van der Waals surface area contributed by atoms with Crippen molar-refractivity contribution in [3.8, 4) is 0 Å². The highest BCUT2D eigenvalue weighted by molar-refractivity contribution is 9.11. The highest BCUT2D eigenvalue weighted by atomic mass is 79.9. The van der Waals surface area contributed by atoms with Gasteiger partial charge in [0.15, 0.2) is 0 Å². The van der Waals surface area contributed by atoms with Gasteiger partial charge in [0.2, 0.25) is 0 Å². The molecule has 0 aliphatic heterocycles. The van der Waals surface area contributed by atoms with E-state index in [0.29, 0.717) is 10.3 Å². The van der Waals surface area contributed by atoms with Crippen LogP contribution < -0.4 is 10.6 Å². The standard InChI is InChI=1S/C13H13Br2FN4/c1-2-5-17-12-11(15)13(19-7-18-12)20-10-4-3-8(16)6-9(10)14/h3-4,6-7H,2,5H2,1H3,(H2,17,18,19,20). The molecule has 1 heterocycles. The second-order valence-corrected chi connectivity index (χ2v) is 5.71. The van der Waals surface area contributed by atoms with E-state index >= 15 is 0 Å². The van der Waals surface area contributed by atoms with Crippen molar-refractivity contribution < 1.29 is 4.39 Å². The van der Waals surface area contributed by atoms with Crippen molar-refractivity contribution in [3.63, 3.8) is 0 Å². The molecule has 0 amide bonds. The first-order chi connectivity index (χ1) is 9.61. The maximum Gasteiger partial charge on any atom is 0.150 e. The van der Waals surface area contributed by atoms with E-state index in [-0.39, 0.29) is 5.82 Å². The van der Waals surface area contributed by atoms with Crippen LogP contribution in [0, 0.1) is 5.82 Å². The zero-order valence-electron chi connectivity index (χ0n) is 10.8. The molecule has 0 aliphatic rings. The van der Waals surface area contributed by atoms with Crippen LogP contribution in [0.5, 0.6) is 0 Å². The van der Waals surface area contributed by atoms with E-state index in [0.717, 1.165) is 28.9 Å². The van der Waals surface area contributed by atoms with Crippen molar-refractivity contribution in [1.29, 1.82) is 0 Å². The van der Waals surface area contributed by atoms with Crippen LogP contribution in [0.4, 0.5) is 21.7 Å². The molecule has 106 valence electrons. The van der Waals surface area contributed by atoms with Gasteiger partial charge in [0, 0.05) is 11.0 Å². The van der Waals surface area contributed by atoms with Crippen LogP contribution in [0.25, 0.3) is 0 Å². The molecule has 1 aromatic carbocycles. The molecule has 20 heavy (non-hydrogen) atoms. The van der Waals surface area contributed by atoms with Gasteiger partial charge in [0.25, 0.3) is 0 Å². The number of rotatable bonds is 5. The fourth-order valence-electron chi connectivity index (χ4n) is 1.54. The predicted molar refractivity (Wildman–Crippen MR) is 85.9 cm³/mol. The van der Waals surface area contributed by atoms with Gasteiger partial charge in [-0.25, -0.2) is 14.4 Å². The molecule has 1 aromatic heterocycles. The lowest BCUT2D eigenvalue weighted by Gasteiger charge is -2.12. The molecule has 0 saturated heterocycles. The molecule has 7 heteroatoms. The zero-order chi connectivity index (χ0) is 14.5. The zero-order valence-corrected chi connectivity index (χ0v) is 13.9. The van der Waals surface area contributed by atoms with E-state index in [4.69, 9.17) is 0 Å². The van der Waals surface area contributed by atoms with Crippen molar-refractivity contribution in [2.24, 2.45) is 0 Å². The number of nitrogens with zero attached hydrogens (tertiary/aromatic N) is 2. The van der Waals surface area contributed by atoms with E-state index in [1.807, 2.05) is 0 Å². The minimum absolute atomic E-state index is 0.297. The number of benzene rings is 1. The fraction of sp³-hybridized carbons (Fsp3) is 0.231. The molecule has 2 aromatic rings. The molecule has 0 saturated carbocycles. The van der Waals surface area contributed by atoms with Gasteiger partial charge in [0.1, 0.15) is 28.3 Å². The molecule has 0 radical (unpaired) electrons. The molecule has 0 aliphatic carbocycles. The van der Waals surface area contributed by atoms with Crippen molar-refractivity contribution in [2.75, 3.05) is 17.2 Å². The van der Waals surface area contributed by atoms with Gasteiger partial charge < -0.3 is 10.6 Å². The summed E-state index contributed by atoms with van der Waals surface area (Å²) in [4.78, 5) is 8.36. The molecule has 4 nitrogen and oxygen atoms in total. The lowest BCUT2D eigenvalue weighted by atomic mass is 10.3. The Labute approximate surface area is 133 Å². The largest absolute Gasteiger partial charge is 0.369 e. The fourth-order valence-corrected chi connectivity index (χ4v) is 2.44. The van der Waals surface area contributed by atoms with E-state index < -0.39 is 0 Å². The van der Waals surface area contributed by atoms with E-state index in [1.165, 1.54) is 18.5 Å². The van der Waals surface area contributed by atoms with E-state index in [1.54, 1.807) is 6.07 Å². The second kappa shape index (κ2) is 6.99. The van der Waals surface area contributed by atoms with Gasteiger partial charge in [-0.05, 0) is 56.5 Å². The highest BCUT2D eigenvalue weighted by Crippen LogP contribution is 2.32. The van der Waals surface area contributed by atoms with E-state index in [2.05, 4.69) is 59.4 Å². The van der Waals surface area contributed by atoms with Gasteiger partial charge in [-0.2, -0.15) is 0 Å². The summed E-state index contributed by atoms with van der Waals surface area (Å²) in [7, 11) is 0. The first kappa shape index (κ1) is 15.2. The lowest BCUT2D eigenvalue weighted by Crippen LogP contribution is -2.05. The van der Waals surface area contributed by atoms with E-state index in [9.17, 15) is 4.39 Å². The Morgan fingerprint density at radius 1 is 1.20 bits per heavy atom. The normalized spacial score (nSPS) is 10.4.